The Morgan fingerprint density at radius 3 is 2.70 bits per heavy atom. The number of rotatable bonds is 2. The highest BCUT2D eigenvalue weighted by molar-refractivity contribution is 7.89. The Labute approximate surface area is 126 Å². The number of sulfonamides is 1. The van der Waals surface area contributed by atoms with Crippen LogP contribution in [0, 0.1) is 18.8 Å². The van der Waals surface area contributed by atoms with E-state index in [9.17, 15) is 8.42 Å². The summed E-state index contributed by atoms with van der Waals surface area (Å²) in [6, 6.07) is 0. The number of fused-ring (bicyclic) bond motifs is 1. The fourth-order valence-electron chi connectivity index (χ4n) is 3.09. The van der Waals surface area contributed by atoms with Gasteiger partial charge in [0.2, 0.25) is 10.0 Å². The minimum Gasteiger partial charge on any atom is -0.316 e. The van der Waals surface area contributed by atoms with Gasteiger partial charge >= 0.3 is 0 Å². The van der Waals surface area contributed by atoms with Gasteiger partial charge in [0.05, 0.1) is 11.9 Å². The molecule has 1 N–H and O–H groups in total. The van der Waals surface area contributed by atoms with E-state index in [1.807, 2.05) is 0 Å². The van der Waals surface area contributed by atoms with Crippen molar-refractivity contribution < 1.29 is 8.42 Å². The quantitative estimate of drug-likeness (QED) is 0.855. The van der Waals surface area contributed by atoms with Gasteiger partial charge in [-0.3, -0.25) is 4.68 Å². The number of hydrogen-bond acceptors (Lipinski definition) is 4. The molecule has 3 heterocycles. The van der Waals surface area contributed by atoms with Gasteiger partial charge in [0.1, 0.15) is 4.90 Å². The molecule has 2 aliphatic rings. The molecule has 2 aliphatic heterocycles. The molecular formula is C12H21ClN4O2S. The Hall–Kier alpha value is -0.630. The molecule has 1 aromatic rings. The van der Waals surface area contributed by atoms with Crippen molar-refractivity contribution in [3.63, 3.8) is 0 Å². The third kappa shape index (κ3) is 2.47. The molecule has 0 amide bonds. The molecule has 2 atom stereocenters. The highest BCUT2D eigenvalue weighted by Gasteiger charge is 2.38. The number of halogens is 1. The highest BCUT2D eigenvalue weighted by atomic mass is 35.5. The molecule has 2 fully saturated rings. The molecule has 0 bridgehead atoms. The first kappa shape index (κ1) is 15.8. The summed E-state index contributed by atoms with van der Waals surface area (Å²) < 4.78 is 28.6. The summed E-state index contributed by atoms with van der Waals surface area (Å²) >= 11 is 0. The van der Waals surface area contributed by atoms with Crippen molar-refractivity contribution in [1.82, 2.24) is 19.4 Å². The first-order valence-electron chi connectivity index (χ1n) is 6.69. The number of nitrogens with one attached hydrogen (secondary N) is 1. The van der Waals surface area contributed by atoms with Gasteiger partial charge in [0, 0.05) is 20.1 Å². The van der Waals surface area contributed by atoms with Gasteiger partial charge in [-0.15, -0.1) is 12.4 Å². The van der Waals surface area contributed by atoms with E-state index in [-0.39, 0.29) is 12.4 Å². The molecule has 1 aromatic heterocycles. The molecule has 2 unspecified atom stereocenters. The lowest BCUT2D eigenvalue weighted by molar-refractivity contribution is 0.228. The lowest BCUT2D eigenvalue weighted by atomic mass is 9.90. The van der Waals surface area contributed by atoms with E-state index in [1.54, 1.807) is 23.0 Å². The Morgan fingerprint density at radius 2 is 2.05 bits per heavy atom. The standard InChI is InChI=1S/C12H20N4O2S.ClH/c1-9-12(7-14-15(9)2)19(17,18)16-4-3-10-5-13-6-11(10)8-16;/h7,10-11,13H,3-6,8H2,1-2H3;1H. The van der Waals surface area contributed by atoms with E-state index < -0.39 is 10.0 Å². The maximum atomic E-state index is 12.7. The molecule has 20 heavy (non-hydrogen) atoms. The predicted octanol–water partition coefficient (Wildman–Crippen LogP) is 0.380. The summed E-state index contributed by atoms with van der Waals surface area (Å²) in [5.74, 6) is 1.10. The van der Waals surface area contributed by atoms with Crippen molar-refractivity contribution in [3.05, 3.63) is 11.9 Å². The maximum Gasteiger partial charge on any atom is 0.246 e. The van der Waals surface area contributed by atoms with Crippen molar-refractivity contribution in [2.75, 3.05) is 26.2 Å². The molecule has 0 saturated carbocycles. The summed E-state index contributed by atoms with van der Waals surface area (Å²) in [7, 11) is -1.62. The van der Waals surface area contributed by atoms with Crippen LogP contribution in [0.25, 0.3) is 0 Å². The second kappa shape index (κ2) is 5.63. The van der Waals surface area contributed by atoms with Crippen LogP contribution in [0.1, 0.15) is 12.1 Å². The number of nitrogens with zero attached hydrogens (tertiary/aromatic N) is 3. The van der Waals surface area contributed by atoms with Crippen molar-refractivity contribution in [3.8, 4) is 0 Å². The number of hydrogen-bond donors (Lipinski definition) is 1. The summed E-state index contributed by atoms with van der Waals surface area (Å²) in [5, 5.41) is 7.40. The van der Waals surface area contributed by atoms with E-state index >= 15 is 0 Å². The summed E-state index contributed by atoms with van der Waals surface area (Å²) in [6.45, 7) is 5.02. The zero-order valence-corrected chi connectivity index (χ0v) is 13.4. The fourth-order valence-corrected chi connectivity index (χ4v) is 4.79. The SMILES string of the molecule is Cc1c(S(=O)(=O)N2CCC3CNCC3C2)cnn1C.Cl. The van der Waals surface area contributed by atoms with Crippen molar-refractivity contribution in [1.29, 1.82) is 0 Å². The lowest BCUT2D eigenvalue weighted by Gasteiger charge is -2.33. The van der Waals surface area contributed by atoms with Crippen LogP contribution in [0.5, 0.6) is 0 Å². The van der Waals surface area contributed by atoms with Crippen LogP contribution in [-0.2, 0) is 17.1 Å². The third-order valence-corrected chi connectivity index (χ3v) is 6.44. The summed E-state index contributed by atoms with van der Waals surface area (Å²) in [5.41, 5.74) is 0.701. The lowest BCUT2D eigenvalue weighted by Crippen LogP contribution is -2.43. The van der Waals surface area contributed by atoms with Crippen LogP contribution in [0.3, 0.4) is 0 Å². The molecule has 0 aliphatic carbocycles. The van der Waals surface area contributed by atoms with Crippen LogP contribution in [0.4, 0.5) is 0 Å². The van der Waals surface area contributed by atoms with Gasteiger partial charge in [-0.05, 0) is 38.3 Å². The van der Waals surface area contributed by atoms with Gasteiger partial charge in [0.25, 0.3) is 0 Å². The van der Waals surface area contributed by atoms with Gasteiger partial charge in [-0.25, -0.2) is 8.42 Å². The van der Waals surface area contributed by atoms with E-state index in [0.717, 1.165) is 19.5 Å². The minimum atomic E-state index is -3.39. The van der Waals surface area contributed by atoms with Gasteiger partial charge in [0.15, 0.2) is 0 Å². The van der Waals surface area contributed by atoms with Crippen molar-refractivity contribution >= 4 is 22.4 Å². The van der Waals surface area contributed by atoms with Crippen LogP contribution >= 0.6 is 12.4 Å². The van der Waals surface area contributed by atoms with Crippen LogP contribution in [-0.4, -0.2) is 48.7 Å². The molecule has 8 heteroatoms. The van der Waals surface area contributed by atoms with Crippen LogP contribution in [0.2, 0.25) is 0 Å². The Balaban J connectivity index is 0.00000147. The van der Waals surface area contributed by atoms with Crippen LogP contribution in [0.15, 0.2) is 11.1 Å². The number of piperidine rings is 1. The molecule has 6 nitrogen and oxygen atoms in total. The summed E-state index contributed by atoms with van der Waals surface area (Å²) in [4.78, 5) is 0.347. The maximum absolute atomic E-state index is 12.7. The minimum absolute atomic E-state index is 0. The Kier molecular flexibility index (Phi) is 4.44. The summed E-state index contributed by atoms with van der Waals surface area (Å²) in [6.07, 6.45) is 2.42. The highest BCUT2D eigenvalue weighted by Crippen LogP contribution is 2.30. The average molecular weight is 321 g/mol. The third-order valence-electron chi connectivity index (χ3n) is 4.48. The zero-order chi connectivity index (χ0) is 13.6. The first-order chi connectivity index (χ1) is 9.00. The molecule has 2 saturated heterocycles. The molecule has 114 valence electrons. The van der Waals surface area contributed by atoms with E-state index in [0.29, 0.717) is 35.5 Å². The topological polar surface area (TPSA) is 67.2 Å². The Bertz CT molecular complexity index is 586. The zero-order valence-electron chi connectivity index (χ0n) is 11.7. The average Bonchev–Trinajstić information content (AvgIpc) is 2.96. The molecule has 0 radical (unpaired) electrons. The van der Waals surface area contributed by atoms with Gasteiger partial charge in [-0.1, -0.05) is 0 Å². The second-order valence-corrected chi connectivity index (χ2v) is 7.45. The molecule has 0 aromatic carbocycles. The van der Waals surface area contributed by atoms with E-state index in [1.165, 1.54) is 6.20 Å². The first-order valence-corrected chi connectivity index (χ1v) is 8.13. The van der Waals surface area contributed by atoms with Gasteiger partial charge in [-0.2, -0.15) is 9.40 Å². The second-order valence-electron chi connectivity index (χ2n) is 5.55. The smallest absolute Gasteiger partial charge is 0.246 e. The van der Waals surface area contributed by atoms with E-state index in [4.69, 9.17) is 0 Å². The van der Waals surface area contributed by atoms with Crippen LogP contribution < -0.4 is 5.32 Å². The largest absolute Gasteiger partial charge is 0.316 e. The van der Waals surface area contributed by atoms with Gasteiger partial charge < -0.3 is 5.32 Å². The molecular weight excluding hydrogens is 300 g/mol. The number of aryl methyl sites for hydroxylation is 1. The normalized spacial score (nSPS) is 27.1. The van der Waals surface area contributed by atoms with Crippen molar-refractivity contribution in [2.45, 2.75) is 18.2 Å². The predicted molar refractivity (Wildman–Crippen MR) is 78.4 cm³/mol. The van der Waals surface area contributed by atoms with E-state index in [2.05, 4.69) is 10.4 Å². The fraction of sp³-hybridized carbons (Fsp3) is 0.750. The van der Waals surface area contributed by atoms with Crippen molar-refractivity contribution in [2.24, 2.45) is 18.9 Å². The monoisotopic (exact) mass is 320 g/mol. The number of aromatic nitrogens is 2. The molecule has 3 rings (SSSR count). The Morgan fingerprint density at radius 1 is 1.35 bits per heavy atom. The molecule has 0 spiro atoms.